The molecule has 0 aromatic heterocycles. The maximum atomic E-state index is 6.04. The highest BCUT2D eigenvalue weighted by Gasteiger charge is 2.19. The minimum Gasteiger partial charge on any atom is -0.312 e. The van der Waals surface area contributed by atoms with Gasteiger partial charge in [0, 0.05) is 23.1 Å². The number of nitrogens with one attached hydrogen (secondary N) is 1. The number of hydrogen-bond acceptors (Lipinski definition) is 2. The summed E-state index contributed by atoms with van der Waals surface area (Å²) < 4.78 is 0. The number of rotatable bonds is 6. The highest BCUT2D eigenvalue weighted by atomic mass is 35.5. The van der Waals surface area contributed by atoms with Crippen LogP contribution in [-0.4, -0.2) is 30.1 Å². The Bertz CT molecular complexity index is 412. The third-order valence-corrected chi connectivity index (χ3v) is 4.03. The Balaban J connectivity index is 2.51. The predicted molar refractivity (Wildman–Crippen MR) is 89.3 cm³/mol. The van der Waals surface area contributed by atoms with Crippen LogP contribution < -0.4 is 5.32 Å². The second-order valence-corrected chi connectivity index (χ2v) is 7.33. The van der Waals surface area contributed by atoms with Gasteiger partial charge in [-0.2, -0.15) is 0 Å². The molecule has 0 bridgehead atoms. The first-order valence-electron chi connectivity index (χ1n) is 7.39. The van der Waals surface area contributed by atoms with Crippen LogP contribution in [0.5, 0.6) is 0 Å². The molecule has 0 radical (unpaired) electrons. The zero-order valence-corrected chi connectivity index (χ0v) is 14.5. The van der Waals surface area contributed by atoms with Crippen LogP contribution in [0.1, 0.15) is 40.2 Å². The quantitative estimate of drug-likeness (QED) is 0.847. The van der Waals surface area contributed by atoms with Crippen LogP contribution in [0.4, 0.5) is 0 Å². The van der Waals surface area contributed by atoms with Gasteiger partial charge in [0.1, 0.15) is 0 Å². The summed E-state index contributed by atoms with van der Waals surface area (Å²) in [5.41, 5.74) is 1.45. The lowest BCUT2D eigenvalue weighted by Gasteiger charge is -2.32. The standard InChI is InChI=1S/C17H29ClN2/c1-13(11-19-17(3,4)5)14(2)20(6)12-15-8-7-9-16(18)10-15/h7-10,13-14,19H,11-12H2,1-6H3. The van der Waals surface area contributed by atoms with Gasteiger partial charge >= 0.3 is 0 Å². The number of halogens is 1. The lowest BCUT2D eigenvalue weighted by Crippen LogP contribution is -2.44. The minimum atomic E-state index is 0.180. The van der Waals surface area contributed by atoms with Crippen LogP contribution in [0.15, 0.2) is 24.3 Å². The van der Waals surface area contributed by atoms with Crippen molar-refractivity contribution in [2.24, 2.45) is 5.92 Å². The molecule has 1 N–H and O–H groups in total. The van der Waals surface area contributed by atoms with Gasteiger partial charge in [-0.15, -0.1) is 0 Å². The third kappa shape index (κ3) is 6.25. The van der Waals surface area contributed by atoms with Crippen LogP contribution in [-0.2, 0) is 6.54 Å². The lowest BCUT2D eigenvalue weighted by molar-refractivity contribution is 0.182. The van der Waals surface area contributed by atoms with Gasteiger partial charge in [0.2, 0.25) is 0 Å². The summed E-state index contributed by atoms with van der Waals surface area (Å²) in [6, 6.07) is 8.63. The summed E-state index contributed by atoms with van der Waals surface area (Å²) >= 11 is 6.04. The van der Waals surface area contributed by atoms with Crippen LogP contribution >= 0.6 is 11.6 Å². The molecule has 0 spiro atoms. The molecule has 20 heavy (non-hydrogen) atoms. The Morgan fingerprint density at radius 2 is 1.90 bits per heavy atom. The third-order valence-electron chi connectivity index (χ3n) is 3.79. The van der Waals surface area contributed by atoms with E-state index in [4.69, 9.17) is 11.6 Å². The van der Waals surface area contributed by atoms with Crippen molar-refractivity contribution in [1.29, 1.82) is 0 Å². The topological polar surface area (TPSA) is 15.3 Å². The molecule has 1 aromatic carbocycles. The van der Waals surface area contributed by atoms with Gasteiger partial charge in [0.05, 0.1) is 0 Å². The maximum absolute atomic E-state index is 6.04. The average Bonchev–Trinajstić information content (AvgIpc) is 2.34. The van der Waals surface area contributed by atoms with Crippen molar-refractivity contribution in [2.45, 2.75) is 52.7 Å². The number of hydrogen-bond donors (Lipinski definition) is 1. The molecule has 0 saturated heterocycles. The molecule has 0 aliphatic rings. The molecule has 2 nitrogen and oxygen atoms in total. The molecular formula is C17H29ClN2. The minimum absolute atomic E-state index is 0.180. The van der Waals surface area contributed by atoms with E-state index in [9.17, 15) is 0 Å². The van der Waals surface area contributed by atoms with Gasteiger partial charge in [-0.05, 0) is 64.9 Å². The molecule has 0 saturated carbocycles. The van der Waals surface area contributed by atoms with Crippen LogP contribution in [0, 0.1) is 5.92 Å². The maximum Gasteiger partial charge on any atom is 0.0409 e. The summed E-state index contributed by atoms with van der Waals surface area (Å²) in [7, 11) is 2.18. The fourth-order valence-corrected chi connectivity index (χ4v) is 2.35. The van der Waals surface area contributed by atoms with E-state index in [0.29, 0.717) is 12.0 Å². The molecule has 2 atom stereocenters. The molecule has 0 heterocycles. The lowest BCUT2D eigenvalue weighted by atomic mass is 9.99. The van der Waals surface area contributed by atoms with Crippen molar-refractivity contribution >= 4 is 11.6 Å². The van der Waals surface area contributed by atoms with E-state index in [1.54, 1.807) is 0 Å². The fraction of sp³-hybridized carbons (Fsp3) is 0.647. The van der Waals surface area contributed by atoms with Gasteiger partial charge in [-0.1, -0.05) is 30.7 Å². The molecule has 0 aliphatic heterocycles. The Labute approximate surface area is 129 Å². The molecule has 0 amide bonds. The zero-order valence-electron chi connectivity index (χ0n) is 13.7. The van der Waals surface area contributed by atoms with Crippen molar-refractivity contribution in [3.63, 3.8) is 0 Å². The van der Waals surface area contributed by atoms with Crippen LogP contribution in [0.3, 0.4) is 0 Å². The Kier molecular flexibility index (Phi) is 6.50. The molecule has 2 unspecified atom stereocenters. The fourth-order valence-electron chi connectivity index (χ4n) is 2.14. The van der Waals surface area contributed by atoms with Crippen molar-refractivity contribution in [3.8, 4) is 0 Å². The number of benzene rings is 1. The summed E-state index contributed by atoms with van der Waals surface area (Å²) in [6.07, 6.45) is 0. The van der Waals surface area contributed by atoms with Gasteiger partial charge < -0.3 is 5.32 Å². The summed E-state index contributed by atoms with van der Waals surface area (Å²) in [6.45, 7) is 13.2. The summed E-state index contributed by atoms with van der Waals surface area (Å²) in [4.78, 5) is 2.39. The van der Waals surface area contributed by atoms with Crippen LogP contribution in [0.2, 0.25) is 5.02 Å². The van der Waals surface area contributed by atoms with Gasteiger partial charge in [-0.25, -0.2) is 0 Å². The number of nitrogens with zero attached hydrogens (tertiary/aromatic N) is 1. The highest BCUT2D eigenvalue weighted by molar-refractivity contribution is 6.30. The first-order valence-corrected chi connectivity index (χ1v) is 7.76. The zero-order chi connectivity index (χ0) is 15.3. The molecule has 0 fully saturated rings. The van der Waals surface area contributed by atoms with E-state index >= 15 is 0 Å². The smallest absolute Gasteiger partial charge is 0.0409 e. The van der Waals surface area contributed by atoms with Gasteiger partial charge in [0.15, 0.2) is 0 Å². The summed E-state index contributed by atoms with van der Waals surface area (Å²) in [5.74, 6) is 0.596. The SMILES string of the molecule is CC(CNC(C)(C)C)C(C)N(C)Cc1cccc(Cl)c1. The van der Waals surface area contributed by atoms with Crippen molar-refractivity contribution in [1.82, 2.24) is 10.2 Å². The predicted octanol–water partition coefficient (Wildman–Crippen LogP) is 4.18. The van der Waals surface area contributed by atoms with Crippen molar-refractivity contribution in [2.75, 3.05) is 13.6 Å². The van der Waals surface area contributed by atoms with Crippen molar-refractivity contribution in [3.05, 3.63) is 34.9 Å². The largest absolute Gasteiger partial charge is 0.312 e. The second-order valence-electron chi connectivity index (χ2n) is 6.89. The average molecular weight is 297 g/mol. The summed E-state index contributed by atoms with van der Waals surface area (Å²) in [5, 5.41) is 4.39. The normalized spacial score (nSPS) is 15.4. The monoisotopic (exact) mass is 296 g/mol. The Morgan fingerprint density at radius 1 is 1.25 bits per heavy atom. The first-order chi connectivity index (χ1) is 9.19. The Hall–Kier alpha value is -0.570. The first kappa shape index (κ1) is 17.5. The van der Waals surface area contributed by atoms with E-state index in [-0.39, 0.29) is 5.54 Å². The molecular weight excluding hydrogens is 268 g/mol. The van der Waals surface area contributed by atoms with E-state index in [2.05, 4.69) is 57.9 Å². The van der Waals surface area contributed by atoms with E-state index in [0.717, 1.165) is 18.1 Å². The van der Waals surface area contributed by atoms with Crippen LogP contribution in [0.25, 0.3) is 0 Å². The van der Waals surface area contributed by atoms with Crippen molar-refractivity contribution < 1.29 is 0 Å². The Morgan fingerprint density at radius 3 is 2.45 bits per heavy atom. The van der Waals surface area contributed by atoms with E-state index in [1.807, 2.05) is 18.2 Å². The molecule has 114 valence electrons. The van der Waals surface area contributed by atoms with Gasteiger partial charge in [-0.3, -0.25) is 4.90 Å². The van der Waals surface area contributed by atoms with E-state index in [1.165, 1.54) is 5.56 Å². The molecule has 3 heteroatoms. The second kappa shape index (κ2) is 7.44. The van der Waals surface area contributed by atoms with Gasteiger partial charge in [0.25, 0.3) is 0 Å². The molecule has 1 aromatic rings. The van der Waals surface area contributed by atoms with E-state index < -0.39 is 0 Å². The molecule has 1 rings (SSSR count). The molecule has 0 aliphatic carbocycles. The highest BCUT2D eigenvalue weighted by Crippen LogP contribution is 2.16.